The lowest BCUT2D eigenvalue weighted by atomic mass is 10.1. The molecule has 1 fully saturated rings. The second-order valence-corrected chi connectivity index (χ2v) is 7.19. The summed E-state index contributed by atoms with van der Waals surface area (Å²) in [7, 11) is 4.00. The molecular weight excluding hydrogens is 344 g/mol. The number of aliphatic hydroxyl groups is 1. The maximum atomic E-state index is 12.8. The fourth-order valence-corrected chi connectivity index (χ4v) is 3.31. The van der Waals surface area contributed by atoms with E-state index in [1.54, 1.807) is 12.5 Å². The molecule has 1 N–H and O–H groups in total. The molecule has 2 heterocycles. The summed E-state index contributed by atoms with van der Waals surface area (Å²) < 4.78 is 7.61. The fourth-order valence-electron chi connectivity index (χ4n) is 3.31. The first-order chi connectivity index (χ1) is 13.0. The Balaban J connectivity index is 1.59. The molecule has 1 saturated heterocycles. The summed E-state index contributed by atoms with van der Waals surface area (Å²) in [6, 6.07) is 7.25. The van der Waals surface area contributed by atoms with Gasteiger partial charge in [0.15, 0.2) is 0 Å². The molecule has 2 aromatic rings. The molecule has 1 aliphatic rings. The quantitative estimate of drug-likeness (QED) is 0.835. The number of imidazole rings is 1. The van der Waals surface area contributed by atoms with Crippen LogP contribution in [0.2, 0.25) is 0 Å². The van der Waals surface area contributed by atoms with Gasteiger partial charge in [-0.05, 0) is 51.2 Å². The molecular formula is C20H28N4O3. The molecule has 0 radical (unpaired) electrons. The Morgan fingerprint density at radius 3 is 2.67 bits per heavy atom. The molecule has 0 unspecified atom stereocenters. The van der Waals surface area contributed by atoms with Crippen LogP contribution in [-0.4, -0.2) is 76.8 Å². The second kappa shape index (κ2) is 9.01. The van der Waals surface area contributed by atoms with Crippen molar-refractivity contribution in [1.29, 1.82) is 0 Å². The molecule has 3 rings (SSSR count). The van der Waals surface area contributed by atoms with E-state index in [0.29, 0.717) is 38.1 Å². The van der Waals surface area contributed by atoms with Crippen molar-refractivity contribution in [2.45, 2.75) is 25.0 Å². The molecule has 7 heteroatoms. The van der Waals surface area contributed by atoms with E-state index in [-0.39, 0.29) is 11.9 Å². The highest BCUT2D eigenvalue weighted by Crippen LogP contribution is 2.24. The Bertz CT molecular complexity index is 715. The first-order valence-corrected chi connectivity index (χ1v) is 9.37. The topological polar surface area (TPSA) is 70.8 Å². The highest BCUT2D eigenvalue weighted by atomic mass is 16.5. The third-order valence-corrected chi connectivity index (χ3v) is 4.94. The second-order valence-electron chi connectivity index (χ2n) is 7.19. The first kappa shape index (κ1) is 19.4. The predicted molar refractivity (Wildman–Crippen MR) is 103 cm³/mol. The van der Waals surface area contributed by atoms with Gasteiger partial charge in [0.1, 0.15) is 12.4 Å². The van der Waals surface area contributed by atoms with E-state index >= 15 is 0 Å². The maximum absolute atomic E-state index is 12.8. The lowest BCUT2D eigenvalue weighted by Crippen LogP contribution is -2.32. The Morgan fingerprint density at radius 2 is 2.00 bits per heavy atom. The van der Waals surface area contributed by atoms with Gasteiger partial charge in [-0.15, -0.1) is 0 Å². The third-order valence-electron chi connectivity index (χ3n) is 4.94. The van der Waals surface area contributed by atoms with Crippen molar-refractivity contribution < 1.29 is 14.6 Å². The van der Waals surface area contributed by atoms with Crippen LogP contribution in [0.4, 0.5) is 0 Å². The Labute approximate surface area is 160 Å². The van der Waals surface area contributed by atoms with E-state index < -0.39 is 6.10 Å². The number of rotatable bonds is 6. The number of aromatic nitrogens is 2. The maximum Gasteiger partial charge on any atom is 0.253 e. The van der Waals surface area contributed by atoms with Crippen LogP contribution in [0.15, 0.2) is 43.0 Å². The highest BCUT2D eigenvalue weighted by molar-refractivity contribution is 5.94. The van der Waals surface area contributed by atoms with E-state index in [9.17, 15) is 9.90 Å². The zero-order valence-corrected chi connectivity index (χ0v) is 16.0. The molecule has 1 aromatic heterocycles. The van der Waals surface area contributed by atoms with Crippen molar-refractivity contribution in [3.05, 3.63) is 48.5 Å². The molecule has 7 nitrogen and oxygen atoms in total. The molecule has 146 valence electrons. The molecule has 0 saturated carbocycles. The molecule has 0 spiro atoms. The fraction of sp³-hybridized carbons (Fsp3) is 0.500. The van der Waals surface area contributed by atoms with Crippen LogP contribution in [0.25, 0.3) is 0 Å². The number of likely N-dealkylation sites (tertiary alicyclic amines) is 1. The number of hydrogen-bond acceptors (Lipinski definition) is 5. The monoisotopic (exact) mass is 372 g/mol. The van der Waals surface area contributed by atoms with Gasteiger partial charge >= 0.3 is 0 Å². The summed E-state index contributed by atoms with van der Waals surface area (Å²) in [5, 5.41) is 10.4. The highest BCUT2D eigenvalue weighted by Gasteiger charge is 2.28. The third kappa shape index (κ3) is 5.08. The van der Waals surface area contributed by atoms with Gasteiger partial charge in [0.2, 0.25) is 0 Å². The summed E-state index contributed by atoms with van der Waals surface area (Å²) in [6.45, 7) is 2.61. The van der Waals surface area contributed by atoms with E-state index in [1.807, 2.05) is 54.0 Å². The number of carbonyl (C=O) groups excluding carboxylic acids is 1. The van der Waals surface area contributed by atoms with Gasteiger partial charge in [-0.25, -0.2) is 4.98 Å². The van der Waals surface area contributed by atoms with Crippen molar-refractivity contribution in [3.63, 3.8) is 0 Å². The van der Waals surface area contributed by atoms with E-state index in [2.05, 4.69) is 9.88 Å². The number of carbonyl (C=O) groups is 1. The zero-order valence-electron chi connectivity index (χ0n) is 16.0. The molecule has 0 aliphatic carbocycles. The van der Waals surface area contributed by atoms with Gasteiger partial charge in [-0.1, -0.05) is 0 Å². The summed E-state index contributed by atoms with van der Waals surface area (Å²) in [4.78, 5) is 20.8. The molecule has 2 atom stereocenters. The lowest BCUT2D eigenvalue weighted by molar-refractivity contribution is 0.0751. The van der Waals surface area contributed by atoms with Crippen LogP contribution in [0.5, 0.6) is 5.75 Å². The van der Waals surface area contributed by atoms with Gasteiger partial charge in [-0.2, -0.15) is 0 Å². The molecule has 1 amide bonds. The minimum atomic E-state index is -0.482. The average molecular weight is 372 g/mol. The molecule has 1 aromatic carbocycles. The van der Waals surface area contributed by atoms with Crippen LogP contribution in [0, 0.1) is 0 Å². The van der Waals surface area contributed by atoms with E-state index in [1.165, 1.54) is 0 Å². The Hall–Kier alpha value is -2.38. The summed E-state index contributed by atoms with van der Waals surface area (Å²) >= 11 is 0. The van der Waals surface area contributed by atoms with Crippen molar-refractivity contribution in [3.8, 4) is 5.75 Å². The molecule has 0 bridgehead atoms. The summed E-state index contributed by atoms with van der Waals surface area (Å²) in [5.41, 5.74) is 0.644. The normalized spacial score (nSPS) is 20.5. The van der Waals surface area contributed by atoms with Crippen molar-refractivity contribution in [2.75, 3.05) is 40.3 Å². The summed E-state index contributed by atoms with van der Waals surface area (Å²) in [6.07, 6.45) is 6.07. The van der Waals surface area contributed by atoms with Crippen LogP contribution in [0.1, 0.15) is 29.2 Å². The van der Waals surface area contributed by atoms with Crippen LogP contribution in [0.3, 0.4) is 0 Å². The van der Waals surface area contributed by atoms with Gasteiger partial charge < -0.3 is 24.2 Å². The number of hydrogen-bond donors (Lipinski definition) is 1. The van der Waals surface area contributed by atoms with Crippen LogP contribution >= 0.6 is 0 Å². The smallest absolute Gasteiger partial charge is 0.253 e. The van der Waals surface area contributed by atoms with Crippen molar-refractivity contribution in [1.82, 2.24) is 19.4 Å². The first-order valence-electron chi connectivity index (χ1n) is 9.37. The van der Waals surface area contributed by atoms with Crippen molar-refractivity contribution in [2.24, 2.45) is 0 Å². The minimum Gasteiger partial charge on any atom is -0.492 e. The predicted octanol–water partition coefficient (Wildman–Crippen LogP) is 1.66. The Kier molecular flexibility index (Phi) is 6.47. The van der Waals surface area contributed by atoms with Crippen LogP contribution in [-0.2, 0) is 0 Å². The standard InChI is InChI=1S/C20H28N4O3/c1-22(2)13-14-27-17-5-3-16(4-6-17)20(26)23-10-7-18(19(25)8-11-23)24-12-9-21-15-24/h3-6,9,12,15,18-19,25H,7-8,10-11,13-14H2,1-2H3/t18-,19-/m0/s1. The van der Waals surface area contributed by atoms with E-state index in [4.69, 9.17) is 4.74 Å². The number of nitrogens with zero attached hydrogens (tertiary/aromatic N) is 4. The van der Waals surface area contributed by atoms with Gasteiger partial charge in [0, 0.05) is 37.6 Å². The van der Waals surface area contributed by atoms with Crippen LogP contribution < -0.4 is 4.74 Å². The van der Waals surface area contributed by atoms with E-state index in [0.717, 1.165) is 12.3 Å². The Morgan fingerprint density at radius 1 is 1.26 bits per heavy atom. The average Bonchev–Trinajstić information content (AvgIpc) is 3.11. The molecule has 27 heavy (non-hydrogen) atoms. The number of aliphatic hydroxyl groups excluding tert-OH is 1. The number of amides is 1. The number of benzene rings is 1. The largest absolute Gasteiger partial charge is 0.492 e. The summed E-state index contributed by atoms with van der Waals surface area (Å²) in [5.74, 6) is 0.758. The van der Waals surface area contributed by atoms with Crippen molar-refractivity contribution >= 4 is 5.91 Å². The zero-order chi connectivity index (χ0) is 19.2. The molecule has 1 aliphatic heterocycles. The van der Waals surface area contributed by atoms with Gasteiger partial charge in [-0.3, -0.25) is 4.79 Å². The SMILES string of the molecule is CN(C)CCOc1ccc(C(=O)N2CC[C@H](O)[C@@H](n3ccnc3)CC2)cc1. The minimum absolute atomic E-state index is 0.00618. The van der Waals surface area contributed by atoms with Gasteiger partial charge in [0.25, 0.3) is 5.91 Å². The lowest BCUT2D eigenvalue weighted by Gasteiger charge is -2.21. The number of likely N-dealkylation sites (N-methyl/N-ethyl adjacent to an activating group) is 1. The van der Waals surface area contributed by atoms with Gasteiger partial charge in [0.05, 0.1) is 18.5 Å². The number of ether oxygens (including phenoxy) is 1.